The van der Waals surface area contributed by atoms with Crippen LogP contribution in [0, 0.1) is 0 Å². The van der Waals surface area contributed by atoms with E-state index in [1.54, 1.807) is 17.2 Å². The number of rotatable bonds is 6. The molecule has 4 rings (SSSR count). The van der Waals surface area contributed by atoms with Gasteiger partial charge in [0.2, 0.25) is 5.88 Å². The number of carboxylic acids is 1. The van der Waals surface area contributed by atoms with Crippen molar-refractivity contribution in [2.75, 3.05) is 4.90 Å². The fourth-order valence-electron chi connectivity index (χ4n) is 4.05. The summed E-state index contributed by atoms with van der Waals surface area (Å²) in [5.41, 5.74) is 5.59. The molecule has 0 radical (unpaired) electrons. The van der Waals surface area contributed by atoms with E-state index in [2.05, 4.69) is 43.1 Å². The number of carboxylic acid groups (broad SMARTS) is 1. The number of ether oxygens (including phenoxy) is 1. The van der Waals surface area contributed by atoms with Crippen LogP contribution in [0.2, 0.25) is 0 Å². The maximum Gasteiger partial charge on any atom is 0.328 e. The van der Waals surface area contributed by atoms with Crippen LogP contribution in [-0.2, 0) is 4.79 Å². The molecule has 2 heterocycles. The fourth-order valence-corrected chi connectivity index (χ4v) is 4.44. The van der Waals surface area contributed by atoms with E-state index >= 15 is 0 Å². The lowest BCUT2D eigenvalue weighted by Gasteiger charge is -2.25. The Morgan fingerprint density at radius 2 is 1.72 bits per heavy atom. The Kier molecular flexibility index (Phi) is 6.11. The first kappa shape index (κ1) is 22.2. The second kappa shape index (κ2) is 8.83. The van der Waals surface area contributed by atoms with Gasteiger partial charge in [-0.25, -0.2) is 9.78 Å². The highest BCUT2D eigenvalue weighted by atomic mass is 35.5. The third kappa shape index (κ3) is 4.17. The van der Waals surface area contributed by atoms with Crippen molar-refractivity contribution < 1.29 is 14.6 Å². The molecule has 0 saturated heterocycles. The van der Waals surface area contributed by atoms with Gasteiger partial charge >= 0.3 is 5.97 Å². The zero-order valence-corrected chi connectivity index (χ0v) is 19.4. The van der Waals surface area contributed by atoms with Crippen LogP contribution in [-0.4, -0.2) is 28.2 Å². The number of hydrogen-bond acceptors (Lipinski definition) is 4. The number of halogens is 1. The summed E-state index contributed by atoms with van der Waals surface area (Å²) in [6.07, 6.45) is 1.64. The van der Waals surface area contributed by atoms with E-state index in [9.17, 15) is 9.90 Å². The van der Waals surface area contributed by atoms with Crippen LogP contribution in [0.1, 0.15) is 50.1 Å². The first-order valence-corrected chi connectivity index (χ1v) is 11.2. The largest absolute Gasteiger partial charge is 0.480 e. The first-order chi connectivity index (χ1) is 15.3. The molecule has 3 aromatic rings. The van der Waals surface area contributed by atoms with Crippen LogP contribution >= 0.6 is 11.6 Å². The number of alkyl halides is 1. The summed E-state index contributed by atoms with van der Waals surface area (Å²) in [5, 5.41) is 9.27. The van der Waals surface area contributed by atoms with E-state index in [0.29, 0.717) is 17.5 Å². The van der Waals surface area contributed by atoms with E-state index in [4.69, 9.17) is 16.3 Å². The Morgan fingerprint density at radius 1 is 1.03 bits per heavy atom. The number of pyridine rings is 1. The normalized spacial score (nSPS) is 17.7. The van der Waals surface area contributed by atoms with Crippen LogP contribution in [0.25, 0.3) is 11.1 Å². The predicted molar refractivity (Wildman–Crippen MR) is 128 cm³/mol. The molecule has 32 heavy (non-hydrogen) atoms. The molecule has 2 atom stereocenters. The molecule has 2 aromatic carbocycles. The van der Waals surface area contributed by atoms with Crippen LogP contribution in [0.3, 0.4) is 0 Å². The predicted octanol–water partition coefficient (Wildman–Crippen LogP) is 6.54. The van der Waals surface area contributed by atoms with Crippen LogP contribution in [0.15, 0.2) is 60.8 Å². The maximum absolute atomic E-state index is 12.2. The fraction of sp³-hybridized carbons (Fsp3) is 0.308. The van der Waals surface area contributed by atoms with Gasteiger partial charge < -0.3 is 14.7 Å². The molecule has 0 spiro atoms. The molecule has 1 aliphatic rings. The van der Waals surface area contributed by atoms with Crippen molar-refractivity contribution in [3.63, 3.8) is 0 Å². The monoisotopic (exact) mass is 450 g/mol. The number of carbonyl (C=O) groups is 1. The molecule has 0 bridgehead atoms. The number of aromatic nitrogens is 1. The molecule has 1 N–H and O–H groups in total. The van der Waals surface area contributed by atoms with Gasteiger partial charge in [0.1, 0.15) is 0 Å². The molecule has 6 heteroatoms. The van der Waals surface area contributed by atoms with Gasteiger partial charge in [-0.15, -0.1) is 11.6 Å². The first-order valence-electron chi connectivity index (χ1n) is 10.8. The van der Waals surface area contributed by atoms with Crippen molar-refractivity contribution in [3.8, 4) is 17.0 Å². The van der Waals surface area contributed by atoms with Crippen LogP contribution < -0.4 is 9.64 Å². The minimum absolute atomic E-state index is 0.00729. The van der Waals surface area contributed by atoms with Crippen molar-refractivity contribution in [1.29, 1.82) is 0 Å². The van der Waals surface area contributed by atoms with Crippen molar-refractivity contribution >= 4 is 28.9 Å². The average Bonchev–Trinajstić information content (AvgIpc) is 3.06. The smallest absolute Gasteiger partial charge is 0.328 e. The molecule has 2 unspecified atom stereocenters. The Morgan fingerprint density at radius 3 is 2.28 bits per heavy atom. The topological polar surface area (TPSA) is 62.7 Å². The number of fused-ring (bicyclic) bond motifs is 1. The summed E-state index contributed by atoms with van der Waals surface area (Å²) in [7, 11) is 0. The quantitative estimate of drug-likeness (QED) is 0.432. The zero-order valence-electron chi connectivity index (χ0n) is 18.6. The SMILES string of the molecule is CC(C)Oc1ccc(N2c3ccc(-c4ccc(C(C)C)cc4)cc3C(Cl)C2C(=O)O)cn1. The summed E-state index contributed by atoms with van der Waals surface area (Å²) in [6, 6.07) is 17.0. The number of anilines is 2. The lowest BCUT2D eigenvalue weighted by Crippen LogP contribution is -2.36. The number of benzene rings is 2. The summed E-state index contributed by atoms with van der Waals surface area (Å²) < 4.78 is 5.61. The Balaban J connectivity index is 1.72. The summed E-state index contributed by atoms with van der Waals surface area (Å²) in [5.74, 6) is -0.0173. The van der Waals surface area contributed by atoms with Gasteiger partial charge in [0.05, 0.1) is 23.4 Å². The van der Waals surface area contributed by atoms with Crippen LogP contribution in [0.5, 0.6) is 5.88 Å². The second-order valence-electron chi connectivity index (χ2n) is 8.63. The number of hydrogen-bond donors (Lipinski definition) is 1. The average molecular weight is 451 g/mol. The van der Waals surface area contributed by atoms with E-state index in [1.807, 2.05) is 38.1 Å². The highest BCUT2D eigenvalue weighted by Gasteiger charge is 2.43. The van der Waals surface area contributed by atoms with Gasteiger partial charge in [0.25, 0.3) is 0 Å². The van der Waals surface area contributed by atoms with Crippen molar-refractivity contribution in [2.45, 2.75) is 51.1 Å². The van der Waals surface area contributed by atoms with Gasteiger partial charge in [-0.1, -0.05) is 44.2 Å². The Bertz CT molecular complexity index is 1110. The second-order valence-corrected chi connectivity index (χ2v) is 9.10. The molecule has 5 nitrogen and oxygen atoms in total. The molecule has 0 fully saturated rings. The van der Waals surface area contributed by atoms with Gasteiger partial charge in [-0.3, -0.25) is 0 Å². The molecule has 166 valence electrons. The minimum Gasteiger partial charge on any atom is -0.480 e. The van der Waals surface area contributed by atoms with Crippen molar-refractivity contribution in [2.24, 2.45) is 0 Å². The van der Waals surface area contributed by atoms with Crippen molar-refractivity contribution in [3.05, 3.63) is 71.9 Å². The zero-order chi connectivity index (χ0) is 23.0. The number of nitrogens with zero attached hydrogens (tertiary/aromatic N) is 2. The van der Waals surface area contributed by atoms with E-state index < -0.39 is 17.4 Å². The molecular weight excluding hydrogens is 424 g/mol. The lowest BCUT2D eigenvalue weighted by atomic mass is 9.97. The Labute approximate surface area is 193 Å². The molecule has 0 saturated carbocycles. The van der Waals surface area contributed by atoms with Gasteiger partial charge in [0.15, 0.2) is 6.04 Å². The molecule has 1 aromatic heterocycles. The third-order valence-electron chi connectivity index (χ3n) is 5.66. The highest BCUT2D eigenvalue weighted by molar-refractivity contribution is 6.25. The summed E-state index contributed by atoms with van der Waals surface area (Å²) >= 11 is 6.71. The standard InChI is InChI=1S/C26H27ClN2O3/c1-15(2)17-5-7-18(8-6-17)19-9-11-22-21(13-19)24(27)25(26(30)31)29(22)20-10-12-23(28-14-20)32-16(3)4/h5-16,24-25H,1-4H3,(H,30,31). The molecule has 0 amide bonds. The maximum atomic E-state index is 12.2. The molecular formula is C26H27ClN2O3. The van der Waals surface area contributed by atoms with Crippen LogP contribution in [0.4, 0.5) is 11.4 Å². The minimum atomic E-state index is -0.980. The Hall–Kier alpha value is -3.05. The van der Waals surface area contributed by atoms with E-state index in [1.165, 1.54) is 5.56 Å². The summed E-state index contributed by atoms with van der Waals surface area (Å²) in [4.78, 5) is 18.2. The molecule has 0 aliphatic carbocycles. The van der Waals surface area contributed by atoms with E-state index in [0.717, 1.165) is 22.4 Å². The molecule has 1 aliphatic heterocycles. The van der Waals surface area contributed by atoms with Crippen molar-refractivity contribution in [1.82, 2.24) is 4.98 Å². The number of aliphatic carboxylic acids is 1. The lowest BCUT2D eigenvalue weighted by molar-refractivity contribution is -0.138. The van der Waals surface area contributed by atoms with Gasteiger partial charge in [-0.2, -0.15) is 0 Å². The third-order valence-corrected chi connectivity index (χ3v) is 6.13. The van der Waals surface area contributed by atoms with E-state index in [-0.39, 0.29) is 6.10 Å². The van der Waals surface area contributed by atoms with Gasteiger partial charge in [-0.05, 0) is 60.2 Å². The summed E-state index contributed by atoms with van der Waals surface area (Å²) in [6.45, 7) is 8.19. The van der Waals surface area contributed by atoms with Gasteiger partial charge in [0, 0.05) is 11.8 Å². The highest BCUT2D eigenvalue weighted by Crippen LogP contribution is 2.48.